The third-order valence-electron chi connectivity index (χ3n) is 3.16. The van der Waals surface area contributed by atoms with Gasteiger partial charge in [0.05, 0.1) is 12.3 Å². The lowest BCUT2D eigenvalue weighted by Gasteiger charge is -2.06. The minimum atomic E-state index is 0.0529. The Labute approximate surface area is 118 Å². The third kappa shape index (κ3) is 2.82. The zero-order valence-electron chi connectivity index (χ0n) is 11.9. The topological polar surface area (TPSA) is 63.8 Å². The van der Waals surface area contributed by atoms with Gasteiger partial charge in [-0.25, -0.2) is 4.98 Å². The largest absolute Gasteiger partial charge is 0.490 e. The number of hydrogen-bond acceptors (Lipinski definition) is 4. The normalized spacial score (nSPS) is 10.9. The summed E-state index contributed by atoms with van der Waals surface area (Å²) >= 11 is 0. The molecule has 2 aromatic heterocycles. The van der Waals surface area contributed by atoms with E-state index in [0.29, 0.717) is 48.7 Å². The first-order chi connectivity index (χ1) is 9.69. The Bertz CT molecular complexity index is 604. The van der Waals surface area contributed by atoms with E-state index in [1.54, 1.807) is 4.40 Å². The number of imidazole rings is 1. The number of carbonyl (C=O) groups is 1. The van der Waals surface area contributed by atoms with Crippen molar-refractivity contribution in [2.24, 2.45) is 0 Å². The molecule has 108 valence electrons. The van der Waals surface area contributed by atoms with Gasteiger partial charge in [0.1, 0.15) is 5.69 Å². The first-order valence-corrected chi connectivity index (χ1v) is 6.93. The van der Waals surface area contributed by atoms with E-state index in [-0.39, 0.29) is 12.4 Å². The average molecular weight is 276 g/mol. The van der Waals surface area contributed by atoms with Crippen LogP contribution in [0, 0.1) is 6.92 Å². The van der Waals surface area contributed by atoms with Crippen LogP contribution in [-0.2, 0) is 0 Å². The highest BCUT2D eigenvalue weighted by atomic mass is 16.5. The second-order valence-corrected chi connectivity index (χ2v) is 4.65. The number of pyridine rings is 1. The van der Waals surface area contributed by atoms with Crippen LogP contribution in [0.3, 0.4) is 0 Å². The van der Waals surface area contributed by atoms with Crippen LogP contribution in [0.5, 0.6) is 5.75 Å². The van der Waals surface area contributed by atoms with E-state index in [0.717, 1.165) is 0 Å². The van der Waals surface area contributed by atoms with Gasteiger partial charge in [0.2, 0.25) is 0 Å². The maximum Gasteiger partial charge on any atom is 0.181 e. The number of rotatable bonds is 7. The second kappa shape index (κ2) is 6.52. The number of aromatic nitrogens is 2. The van der Waals surface area contributed by atoms with Crippen LogP contribution >= 0.6 is 0 Å². The fourth-order valence-corrected chi connectivity index (χ4v) is 2.28. The zero-order valence-corrected chi connectivity index (χ0v) is 11.9. The molecule has 0 aliphatic heterocycles. The standard InChI is InChI=1S/C15H20N2O3/c1-3-20-13-8-6-9-17-14(11(2)16-15(13)17)12(19)7-4-5-10-18/h6,8-9,18H,3-5,7,10H2,1-2H3. The van der Waals surface area contributed by atoms with Crippen LogP contribution < -0.4 is 4.74 Å². The van der Waals surface area contributed by atoms with Gasteiger partial charge in [-0.1, -0.05) is 0 Å². The molecule has 0 aliphatic rings. The van der Waals surface area contributed by atoms with Crippen LogP contribution in [-0.4, -0.2) is 33.5 Å². The summed E-state index contributed by atoms with van der Waals surface area (Å²) in [7, 11) is 0. The van der Waals surface area contributed by atoms with Gasteiger partial charge in [0.25, 0.3) is 0 Å². The number of Topliss-reactive ketones (excluding diaryl/α,β-unsaturated/α-hetero) is 1. The Hall–Kier alpha value is -1.88. The van der Waals surface area contributed by atoms with Crippen molar-refractivity contribution in [1.29, 1.82) is 0 Å². The van der Waals surface area contributed by atoms with Gasteiger partial charge in [-0.15, -0.1) is 0 Å². The number of carbonyl (C=O) groups excluding carboxylic acids is 1. The van der Waals surface area contributed by atoms with Gasteiger partial charge in [-0.05, 0) is 38.8 Å². The van der Waals surface area contributed by atoms with Crippen molar-refractivity contribution < 1.29 is 14.6 Å². The van der Waals surface area contributed by atoms with Crippen LogP contribution in [0.4, 0.5) is 0 Å². The highest BCUT2D eigenvalue weighted by Crippen LogP contribution is 2.23. The van der Waals surface area contributed by atoms with Gasteiger partial charge in [0.15, 0.2) is 17.2 Å². The van der Waals surface area contributed by atoms with Crippen molar-refractivity contribution in [1.82, 2.24) is 9.38 Å². The number of ether oxygens (including phenoxy) is 1. The van der Waals surface area contributed by atoms with Crippen molar-refractivity contribution in [2.45, 2.75) is 33.1 Å². The molecule has 2 heterocycles. The molecule has 20 heavy (non-hydrogen) atoms. The summed E-state index contributed by atoms with van der Waals surface area (Å²) in [5.74, 6) is 0.740. The Kier molecular flexibility index (Phi) is 4.74. The maximum absolute atomic E-state index is 12.3. The van der Waals surface area contributed by atoms with E-state index in [4.69, 9.17) is 9.84 Å². The maximum atomic E-state index is 12.3. The molecule has 0 saturated carbocycles. The Morgan fingerprint density at radius 1 is 1.45 bits per heavy atom. The number of hydrogen-bond donors (Lipinski definition) is 1. The number of aliphatic hydroxyl groups excluding tert-OH is 1. The fraction of sp³-hybridized carbons (Fsp3) is 0.467. The SMILES string of the molecule is CCOc1cccn2c(C(=O)CCCCO)c(C)nc12. The molecule has 5 nitrogen and oxygen atoms in total. The fourth-order valence-electron chi connectivity index (χ4n) is 2.28. The van der Waals surface area contributed by atoms with Crippen molar-refractivity contribution in [3.8, 4) is 5.75 Å². The molecular weight excluding hydrogens is 256 g/mol. The van der Waals surface area contributed by atoms with Crippen LogP contribution in [0.1, 0.15) is 42.4 Å². The molecule has 0 radical (unpaired) electrons. The number of aryl methyl sites for hydroxylation is 1. The average Bonchev–Trinajstić information content (AvgIpc) is 2.76. The molecule has 0 atom stereocenters. The number of unbranched alkanes of at least 4 members (excludes halogenated alkanes) is 1. The van der Waals surface area contributed by atoms with E-state index in [1.807, 2.05) is 32.2 Å². The van der Waals surface area contributed by atoms with Crippen LogP contribution in [0.15, 0.2) is 18.3 Å². The molecule has 0 unspecified atom stereocenters. The molecular formula is C15H20N2O3. The van der Waals surface area contributed by atoms with E-state index < -0.39 is 0 Å². The summed E-state index contributed by atoms with van der Waals surface area (Å²) in [6.45, 7) is 4.43. The summed E-state index contributed by atoms with van der Waals surface area (Å²) in [4.78, 5) is 16.8. The van der Waals surface area contributed by atoms with E-state index in [9.17, 15) is 4.79 Å². The quantitative estimate of drug-likeness (QED) is 0.623. The number of fused-ring (bicyclic) bond motifs is 1. The van der Waals surface area contributed by atoms with E-state index in [2.05, 4.69) is 4.98 Å². The highest BCUT2D eigenvalue weighted by molar-refractivity contribution is 5.96. The highest BCUT2D eigenvalue weighted by Gasteiger charge is 2.18. The van der Waals surface area contributed by atoms with E-state index >= 15 is 0 Å². The lowest BCUT2D eigenvalue weighted by atomic mass is 10.1. The monoisotopic (exact) mass is 276 g/mol. The second-order valence-electron chi connectivity index (χ2n) is 4.65. The van der Waals surface area contributed by atoms with Crippen LogP contribution in [0.2, 0.25) is 0 Å². The molecule has 1 N–H and O–H groups in total. The lowest BCUT2D eigenvalue weighted by Crippen LogP contribution is -2.06. The lowest BCUT2D eigenvalue weighted by molar-refractivity contribution is 0.0971. The van der Waals surface area contributed by atoms with Gasteiger partial charge in [-0.3, -0.25) is 9.20 Å². The summed E-state index contributed by atoms with van der Waals surface area (Å²) < 4.78 is 7.33. The molecule has 0 spiro atoms. The van der Waals surface area contributed by atoms with Crippen molar-refractivity contribution in [3.05, 3.63) is 29.7 Å². The molecule has 5 heteroatoms. The van der Waals surface area contributed by atoms with Gasteiger partial charge < -0.3 is 9.84 Å². The molecule has 0 aliphatic carbocycles. The van der Waals surface area contributed by atoms with Gasteiger partial charge in [0, 0.05) is 19.2 Å². The molecule has 0 fully saturated rings. The minimum Gasteiger partial charge on any atom is -0.490 e. The molecule has 0 bridgehead atoms. The first-order valence-electron chi connectivity index (χ1n) is 6.93. The summed E-state index contributed by atoms with van der Waals surface area (Å²) in [6, 6.07) is 3.70. The molecule has 0 saturated heterocycles. The summed E-state index contributed by atoms with van der Waals surface area (Å²) in [5.41, 5.74) is 2.00. The smallest absolute Gasteiger partial charge is 0.181 e. The third-order valence-corrected chi connectivity index (χ3v) is 3.16. The predicted molar refractivity (Wildman–Crippen MR) is 76.4 cm³/mol. The number of nitrogens with zero attached hydrogens (tertiary/aromatic N) is 2. The summed E-state index contributed by atoms with van der Waals surface area (Å²) in [6.07, 6.45) is 3.59. The predicted octanol–water partition coefficient (Wildman–Crippen LogP) is 2.39. The zero-order chi connectivity index (χ0) is 14.5. The summed E-state index contributed by atoms with van der Waals surface area (Å²) in [5, 5.41) is 8.79. The Morgan fingerprint density at radius 3 is 2.95 bits per heavy atom. The Morgan fingerprint density at radius 2 is 2.25 bits per heavy atom. The molecule has 2 aromatic rings. The molecule has 0 aromatic carbocycles. The first kappa shape index (κ1) is 14.5. The van der Waals surface area contributed by atoms with Crippen molar-refractivity contribution in [3.63, 3.8) is 0 Å². The molecule has 0 amide bonds. The van der Waals surface area contributed by atoms with Crippen molar-refractivity contribution >= 4 is 11.4 Å². The van der Waals surface area contributed by atoms with Gasteiger partial charge in [-0.2, -0.15) is 0 Å². The van der Waals surface area contributed by atoms with Gasteiger partial charge >= 0.3 is 0 Å². The van der Waals surface area contributed by atoms with E-state index in [1.165, 1.54) is 0 Å². The number of ketones is 1. The van der Waals surface area contributed by atoms with Crippen molar-refractivity contribution in [2.75, 3.05) is 13.2 Å². The molecule has 2 rings (SSSR count). The Balaban J connectivity index is 2.36. The van der Waals surface area contributed by atoms with Crippen LogP contribution in [0.25, 0.3) is 5.65 Å². The minimum absolute atomic E-state index is 0.0529. The number of aliphatic hydroxyl groups is 1.